The molecule has 84 valence electrons. The Kier molecular flexibility index (Phi) is 3.53. The predicted molar refractivity (Wildman–Crippen MR) is 61.3 cm³/mol. The SMILES string of the molecule is Cc1nsc(N2CCCCC2CCO)n1. The maximum absolute atomic E-state index is 9.03. The Morgan fingerprint density at radius 3 is 3.07 bits per heavy atom. The lowest BCUT2D eigenvalue weighted by Gasteiger charge is -2.34. The van der Waals surface area contributed by atoms with Gasteiger partial charge in [0.05, 0.1) is 0 Å². The molecular weight excluding hydrogens is 210 g/mol. The molecule has 1 aliphatic heterocycles. The van der Waals surface area contributed by atoms with Crippen molar-refractivity contribution in [3.63, 3.8) is 0 Å². The summed E-state index contributed by atoms with van der Waals surface area (Å²) in [5.41, 5.74) is 0. The highest BCUT2D eigenvalue weighted by Gasteiger charge is 2.24. The van der Waals surface area contributed by atoms with Crippen LogP contribution in [0, 0.1) is 6.92 Å². The van der Waals surface area contributed by atoms with Crippen LogP contribution in [-0.4, -0.2) is 33.7 Å². The van der Waals surface area contributed by atoms with Crippen molar-refractivity contribution in [2.24, 2.45) is 0 Å². The summed E-state index contributed by atoms with van der Waals surface area (Å²) in [4.78, 5) is 6.73. The van der Waals surface area contributed by atoms with E-state index in [4.69, 9.17) is 5.11 Å². The van der Waals surface area contributed by atoms with Crippen LogP contribution in [0.1, 0.15) is 31.5 Å². The zero-order valence-corrected chi connectivity index (χ0v) is 9.83. The molecule has 1 aliphatic rings. The van der Waals surface area contributed by atoms with Crippen molar-refractivity contribution in [1.29, 1.82) is 0 Å². The number of piperidine rings is 1. The molecule has 5 heteroatoms. The van der Waals surface area contributed by atoms with E-state index in [1.165, 1.54) is 30.8 Å². The van der Waals surface area contributed by atoms with Crippen molar-refractivity contribution in [2.75, 3.05) is 18.1 Å². The van der Waals surface area contributed by atoms with Crippen LogP contribution in [0.4, 0.5) is 5.13 Å². The molecule has 0 aromatic carbocycles. The second-order valence-corrected chi connectivity index (χ2v) is 4.71. The third kappa shape index (κ3) is 2.46. The predicted octanol–water partition coefficient (Wildman–Crippen LogP) is 1.59. The van der Waals surface area contributed by atoms with Crippen LogP contribution >= 0.6 is 11.5 Å². The molecule has 15 heavy (non-hydrogen) atoms. The number of hydrogen-bond acceptors (Lipinski definition) is 5. The van der Waals surface area contributed by atoms with Gasteiger partial charge in [0.1, 0.15) is 5.82 Å². The van der Waals surface area contributed by atoms with Gasteiger partial charge in [0.15, 0.2) is 0 Å². The first kappa shape index (κ1) is 10.8. The molecule has 0 saturated carbocycles. The van der Waals surface area contributed by atoms with Gasteiger partial charge in [-0.15, -0.1) is 0 Å². The topological polar surface area (TPSA) is 49.2 Å². The Morgan fingerprint density at radius 2 is 2.40 bits per heavy atom. The van der Waals surface area contributed by atoms with Gasteiger partial charge < -0.3 is 10.0 Å². The quantitative estimate of drug-likeness (QED) is 0.852. The Morgan fingerprint density at radius 1 is 1.53 bits per heavy atom. The smallest absolute Gasteiger partial charge is 0.205 e. The number of aliphatic hydroxyl groups excluding tert-OH is 1. The lowest BCUT2D eigenvalue weighted by Crippen LogP contribution is -2.40. The van der Waals surface area contributed by atoms with Crippen LogP contribution in [0.15, 0.2) is 0 Å². The van der Waals surface area contributed by atoms with E-state index in [0.29, 0.717) is 6.04 Å². The number of rotatable bonds is 3. The first-order valence-electron chi connectivity index (χ1n) is 5.49. The second kappa shape index (κ2) is 4.90. The molecule has 0 amide bonds. The van der Waals surface area contributed by atoms with Crippen molar-refractivity contribution in [2.45, 2.75) is 38.6 Å². The summed E-state index contributed by atoms with van der Waals surface area (Å²) in [6, 6.07) is 0.455. The zero-order valence-electron chi connectivity index (χ0n) is 9.02. The van der Waals surface area contributed by atoms with E-state index in [0.717, 1.165) is 23.9 Å². The third-order valence-electron chi connectivity index (χ3n) is 2.85. The minimum atomic E-state index is 0.263. The number of aliphatic hydroxyl groups is 1. The van der Waals surface area contributed by atoms with E-state index in [9.17, 15) is 0 Å². The molecule has 1 N–H and O–H groups in total. The molecule has 0 spiro atoms. The molecule has 2 rings (SSSR count). The maximum Gasteiger partial charge on any atom is 0.205 e. The first-order valence-corrected chi connectivity index (χ1v) is 6.26. The van der Waals surface area contributed by atoms with Crippen molar-refractivity contribution in [3.05, 3.63) is 5.82 Å². The van der Waals surface area contributed by atoms with Crippen molar-refractivity contribution in [3.8, 4) is 0 Å². The highest BCUT2D eigenvalue weighted by atomic mass is 32.1. The molecule has 2 heterocycles. The fraction of sp³-hybridized carbons (Fsp3) is 0.800. The van der Waals surface area contributed by atoms with Gasteiger partial charge >= 0.3 is 0 Å². The molecular formula is C10H17N3OS. The van der Waals surface area contributed by atoms with Crippen LogP contribution in [0.3, 0.4) is 0 Å². The fourth-order valence-electron chi connectivity index (χ4n) is 2.10. The number of hydrogen-bond donors (Lipinski definition) is 1. The van der Waals surface area contributed by atoms with Crippen LogP contribution in [0.5, 0.6) is 0 Å². The van der Waals surface area contributed by atoms with Gasteiger partial charge in [0, 0.05) is 30.7 Å². The van der Waals surface area contributed by atoms with E-state index in [1.54, 1.807) is 0 Å². The summed E-state index contributed by atoms with van der Waals surface area (Å²) in [6.45, 7) is 3.24. The Balaban J connectivity index is 2.10. The van der Waals surface area contributed by atoms with Gasteiger partial charge in [-0.3, -0.25) is 0 Å². The van der Waals surface area contributed by atoms with Gasteiger partial charge in [0.2, 0.25) is 5.13 Å². The Labute approximate surface area is 94.1 Å². The molecule has 1 unspecified atom stereocenters. The van der Waals surface area contributed by atoms with Gasteiger partial charge in [-0.25, -0.2) is 4.98 Å². The van der Waals surface area contributed by atoms with Crippen LogP contribution < -0.4 is 4.90 Å². The summed E-state index contributed by atoms with van der Waals surface area (Å²) in [7, 11) is 0. The van der Waals surface area contributed by atoms with Gasteiger partial charge in [0.25, 0.3) is 0 Å². The number of nitrogens with zero attached hydrogens (tertiary/aromatic N) is 3. The maximum atomic E-state index is 9.03. The number of aromatic nitrogens is 2. The fourth-order valence-corrected chi connectivity index (χ4v) is 2.88. The first-order chi connectivity index (χ1) is 7.31. The standard InChI is InChI=1S/C10H17N3OS/c1-8-11-10(15-12-8)13-6-3-2-4-9(13)5-7-14/h9,14H,2-7H2,1H3. The summed E-state index contributed by atoms with van der Waals surface area (Å²) in [5, 5.41) is 10.0. The molecule has 1 aromatic rings. The van der Waals surface area contributed by atoms with E-state index in [2.05, 4.69) is 14.3 Å². The summed E-state index contributed by atoms with van der Waals surface area (Å²) in [6.07, 6.45) is 4.50. The summed E-state index contributed by atoms with van der Waals surface area (Å²) < 4.78 is 4.21. The van der Waals surface area contributed by atoms with Crippen molar-refractivity contribution < 1.29 is 5.11 Å². The van der Waals surface area contributed by atoms with E-state index >= 15 is 0 Å². The molecule has 1 atom stereocenters. The van der Waals surface area contributed by atoms with Gasteiger partial charge in [-0.05, 0) is 32.6 Å². The van der Waals surface area contributed by atoms with Gasteiger partial charge in [-0.2, -0.15) is 4.37 Å². The highest BCUT2D eigenvalue weighted by Crippen LogP contribution is 2.27. The van der Waals surface area contributed by atoms with E-state index in [1.807, 2.05) is 6.92 Å². The van der Waals surface area contributed by atoms with Crippen molar-refractivity contribution in [1.82, 2.24) is 9.36 Å². The third-order valence-corrected chi connectivity index (χ3v) is 3.70. The average molecular weight is 227 g/mol. The largest absolute Gasteiger partial charge is 0.396 e. The van der Waals surface area contributed by atoms with Crippen LogP contribution in [-0.2, 0) is 0 Å². The molecule has 4 nitrogen and oxygen atoms in total. The summed E-state index contributed by atoms with van der Waals surface area (Å²) in [5.74, 6) is 0.850. The Hall–Kier alpha value is -0.680. The highest BCUT2D eigenvalue weighted by molar-refractivity contribution is 7.09. The molecule has 1 aromatic heterocycles. The number of aryl methyl sites for hydroxylation is 1. The molecule has 1 fully saturated rings. The number of anilines is 1. The zero-order chi connectivity index (χ0) is 10.7. The Bertz CT molecular complexity index is 313. The molecule has 1 saturated heterocycles. The van der Waals surface area contributed by atoms with Crippen LogP contribution in [0.25, 0.3) is 0 Å². The lowest BCUT2D eigenvalue weighted by atomic mass is 10.0. The van der Waals surface area contributed by atoms with Gasteiger partial charge in [-0.1, -0.05) is 0 Å². The molecule has 0 radical (unpaired) electrons. The normalized spacial score (nSPS) is 22.0. The van der Waals surface area contributed by atoms with E-state index < -0.39 is 0 Å². The van der Waals surface area contributed by atoms with E-state index in [-0.39, 0.29) is 6.61 Å². The summed E-state index contributed by atoms with van der Waals surface area (Å²) >= 11 is 1.47. The van der Waals surface area contributed by atoms with Crippen molar-refractivity contribution >= 4 is 16.7 Å². The minimum Gasteiger partial charge on any atom is -0.396 e. The molecule has 0 aliphatic carbocycles. The second-order valence-electron chi connectivity index (χ2n) is 3.98. The minimum absolute atomic E-state index is 0.263. The molecule has 0 bridgehead atoms. The lowest BCUT2D eigenvalue weighted by molar-refractivity contribution is 0.262. The monoisotopic (exact) mass is 227 g/mol. The van der Waals surface area contributed by atoms with Crippen LogP contribution in [0.2, 0.25) is 0 Å². The average Bonchev–Trinajstić information content (AvgIpc) is 2.66.